The topological polar surface area (TPSA) is 32.3 Å². The Balaban J connectivity index is 1.48. The van der Waals surface area contributed by atoms with Gasteiger partial charge in [0.1, 0.15) is 0 Å². The van der Waals surface area contributed by atoms with Crippen LogP contribution in [0, 0.1) is 5.92 Å². The van der Waals surface area contributed by atoms with Gasteiger partial charge in [-0.2, -0.15) is 0 Å². The highest BCUT2D eigenvalue weighted by Crippen LogP contribution is 2.48. The number of carbonyl (C=O) groups excluding carboxylic acids is 1. The van der Waals surface area contributed by atoms with E-state index >= 15 is 0 Å². The van der Waals surface area contributed by atoms with Crippen LogP contribution in [0.5, 0.6) is 0 Å². The minimum absolute atomic E-state index is 0.223. The van der Waals surface area contributed by atoms with Crippen LogP contribution in [0.3, 0.4) is 0 Å². The van der Waals surface area contributed by atoms with Gasteiger partial charge in [0.15, 0.2) is 0 Å². The maximum absolute atomic E-state index is 12.4. The third kappa shape index (κ3) is 4.01. The van der Waals surface area contributed by atoms with Gasteiger partial charge in [-0.05, 0) is 81.0 Å². The number of amides is 1. The van der Waals surface area contributed by atoms with Crippen molar-refractivity contribution in [3.8, 4) is 0 Å². The predicted octanol–water partition coefficient (Wildman–Crippen LogP) is 5.35. The van der Waals surface area contributed by atoms with E-state index in [0.29, 0.717) is 11.3 Å². The summed E-state index contributed by atoms with van der Waals surface area (Å²) in [5.74, 6) is 0.577. The van der Waals surface area contributed by atoms with Gasteiger partial charge in [0.05, 0.1) is 6.04 Å². The molecule has 1 heterocycles. The van der Waals surface area contributed by atoms with E-state index in [9.17, 15) is 4.79 Å². The van der Waals surface area contributed by atoms with Crippen LogP contribution in [0.15, 0.2) is 24.3 Å². The summed E-state index contributed by atoms with van der Waals surface area (Å²) in [7, 11) is 0. The van der Waals surface area contributed by atoms with Crippen molar-refractivity contribution >= 4 is 5.91 Å². The van der Waals surface area contributed by atoms with Crippen molar-refractivity contribution in [2.75, 3.05) is 13.1 Å². The highest BCUT2D eigenvalue weighted by Gasteiger charge is 2.43. The molecule has 1 aliphatic heterocycles. The summed E-state index contributed by atoms with van der Waals surface area (Å²) in [5, 5.41) is 3.37. The third-order valence-corrected chi connectivity index (χ3v) is 7.60. The molecule has 3 aliphatic rings. The zero-order valence-corrected chi connectivity index (χ0v) is 17.9. The monoisotopic (exact) mass is 382 g/mol. The summed E-state index contributed by atoms with van der Waals surface area (Å²) >= 11 is 0. The summed E-state index contributed by atoms with van der Waals surface area (Å²) in [5.41, 5.74) is 3.26. The Hall–Kier alpha value is -1.35. The number of carbonyl (C=O) groups is 1. The molecular formula is C25H38N2O. The number of hydrogen-bond acceptors (Lipinski definition) is 2. The van der Waals surface area contributed by atoms with Gasteiger partial charge in [0.2, 0.25) is 5.91 Å². The fraction of sp³-hybridized carbons (Fsp3) is 0.720. The molecule has 1 N–H and O–H groups in total. The first kappa shape index (κ1) is 19.9. The SMILES string of the molecule is CCCC(CCC)N1CCC2(CC[C@H](NC(=O)C3CC3)c3ccccc32)CC1. The Morgan fingerprint density at radius 2 is 1.75 bits per heavy atom. The average molecular weight is 383 g/mol. The van der Waals surface area contributed by atoms with Crippen LogP contribution in [0.1, 0.15) is 95.2 Å². The maximum Gasteiger partial charge on any atom is 0.223 e. The molecule has 28 heavy (non-hydrogen) atoms. The van der Waals surface area contributed by atoms with E-state index in [1.165, 1.54) is 69.2 Å². The number of rotatable bonds is 7. The second-order valence-electron chi connectivity index (χ2n) is 9.51. The largest absolute Gasteiger partial charge is 0.349 e. The average Bonchev–Trinajstić information content (AvgIpc) is 3.56. The first-order valence-corrected chi connectivity index (χ1v) is 11.8. The van der Waals surface area contributed by atoms with Crippen molar-refractivity contribution < 1.29 is 4.79 Å². The molecule has 1 saturated heterocycles. The number of likely N-dealkylation sites (tertiary alicyclic amines) is 1. The summed E-state index contributed by atoms with van der Waals surface area (Å²) in [6, 6.07) is 9.99. The molecule has 0 aromatic heterocycles. The molecule has 3 heteroatoms. The van der Waals surface area contributed by atoms with E-state index in [1.54, 1.807) is 0 Å². The molecule has 4 rings (SSSR count). The van der Waals surface area contributed by atoms with E-state index in [2.05, 4.69) is 48.3 Å². The van der Waals surface area contributed by atoms with Gasteiger partial charge in [0.25, 0.3) is 0 Å². The summed E-state index contributed by atoms with van der Waals surface area (Å²) < 4.78 is 0. The van der Waals surface area contributed by atoms with Crippen molar-refractivity contribution in [1.29, 1.82) is 0 Å². The van der Waals surface area contributed by atoms with Gasteiger partial charge in [-0.1, -0.05) is 51.0 Å². The summed E-state index contributed by atoms with van der Waals surface area (Å²) in [6.07, 6.45) is 12.3. The number of piperidine rings is 1. The number of nitrogens with zero attached hydrogens (tertiary/aromatic N) is 1. The Bertz CT molecular complexity index is 667. The zero-order chi connectivity index (χ0) is 19.6. The van der Waals surface area contributed by atoms with Crippen molar-refractivity contribution in [1.82, 2.24) is 10.2 Å². The molecule has 1 spiro atoms. The van der Waals surface area contributed by atoms with Crippen molar-refractivity contribution in [2.45, 2.75) is 95.6 Å². The lowest BCUT2D eigenvalue weighted by Crippen LogP contribution is -2.49. The molecule has 1 amide bonds. The second kappa shape index (κ2) is 8.57. The van der Waals surface area contributed by atoms with Crippen LogP contribution in [0.2, 0.25) is 0 Å². The third-order valence-electron chi connectivity index (χ3n) is 7.60. The fourth-order valence-electron chi connectivity index (χ4n) is 5.79. The summed E-state index contributed by atoms with van der Waals surface area (Å²) in [4.78, 5) is 15.2. The smallest absolute Gasteiger partial charge is 0.223 e. The molecule has 1 saturated carbocycles. The van der Waals surface area contributed by atoms with Crippen LogP contribution in [-0.2, 0) is 10.2 Å². The van der Waals surface area contributed by atoms with E-state index in [1.807, 2.05) is 0 Å². The lowest BCUT2D eigenvalue weighted by molar-refractivity contribution is -0.123. The fourth-order valence-corrected chi connectivity index (χ4v) is 5.79. The molecule has 0 unspecified atom stereocenters. The lowest BCUT2D eigenvalue weighted by atomic mass is 9.63. The van der Waals surface area contributed by atoms with Gasteiger partial charge in [-0.25, -0.2) is 0 Å². The highest BCUT2D eigenvalue weighted by atomic mass is 16.2. The number of nitrogens with one attached hydrogen (secondary N) is 1. The Morgan fingerprint density at radius 1 is 1.07 bits per heavy atom. The van der Waals surface area contributed by atoms with Crippen LogP contribution in [-0.4, -0.2) is 29.9 Å². The molecule has 2 fully saturated rings. The van der Waals surface area contributed by atoms with Gasteiger partial charge in [-0.3, -0.25) is 4.79 Å². The normalized spacial score (nSPS) is 24.3. The van der Waals surface area contributed by atoms with Gasteiger partial charge >= 0.3 is 0 Å². The molecule has 2 aliphatic carbocycles. The molecule has 3 nitrogen and oxygen atoms in total. The number of fused-ring (bicyclic) bond motifs is 2. The number of benzene rings is 1. The van der Waals surface area contributed by atoms with E-state index in [4.69, 9.17) is 0 Å². The molecule has 154 valence electrons. The maximum atomic E-state index is 12.4. The van der Waals surface area contributed by atoms with Gasteiger partial charge < -0.3 is 10.2 Å². The second-order valence-corrected chi connectivity index (χ2v) is 9.51. The van der Waals surface area contributed by atoms with Gasteiger partial charge in [-0.15, -0.1) is 0 Å². The van der Waals surface area contributed by atoms with Crippen molar-refractivity contribution in [3.63, 3.8) is 0 Å². The van der Waals surface area contributed by atoms with Crippen LogP contribution >= 0.6 is 0 Å². The van der Waals surface area contributed by atoms with Crippen molar-refractivity contribution in [3.05, 3.63) is 35.4 Å². The van der Waals surface area contributed by atoms with Crippen LogP contribution in [0.25, 0.3) is 0 Å². The molecule has 0 bridgehead atoms. The quantitative estimate of drug-likeness (QED) is 0.689. The Kier molecular flexibility index (Phi) is 6.10. The molecular weight excluding hydrogens is 344 g/mol. The first-order chi connectivity index (χ1) is 13.7. The Morgan fingerprint density at radius 3 is 2.39 bits per heavy atom. The zero-order valence-electron chi connectivity index (χ0n) is 17.9. The van der Waals surface area contributed by atoms with Crippen molar-refractivity contribution in [2.24, 2.45) is 5.92 Å². The predicted molar refractivity (Wildman–Crippen MR) is 115 cm³/mol. The number of hydrogen-bond donors (Lipinski definition) is 1. The highest BCUT2D eigenvalue weighted by molar-refractivity contribution is 5.81. The first-order valence-electron chi connectivity index (χ1n) is 11.8. The minimum Gasteiger partial charge on any atom is -0.349 e. The van der Waals surface area contributed by atoms with E-state index in [0.717, 1.165) is 25.3 Å². The summed E-state index contributed by atoms with van der Waals surface area (Å²) in [6.45, 7) is 7.11. The van der Waals surface area contributed by atoms with Crippen LogP contribution in [0.4, 0.5) is 0 Å². The molecule has 1 aromatic carbocycles. The lowest BCUT2D eigenvalue weighted by Gasteiger charge is -2.49. The molecule has 1 atom stereocenters. The van der Waals surface area contributed by atoms with E-state index < -0.39 is 0 Å². The minimum atomic E-state index is 0.223. The Labute approximate surface area is 171 Å². The van der Waals surface area contributed by atoms with Crippen LogP contribution < -0.4 is 5.32 Å². The standard InChI is InChI=1S/C25H38N2O/c1-3-7-20(8-4-2)27-17-15-25(16-18-27)14-13-23(26-24(28)19-11-12-19)21-9-5-6-10-22(21)25/h5-6,9-10,19-20,23H,3-4,7-8,11-18H2,1-2H3,(H,26,28)/t23-/m0/s1. The van der Waals surface area contributed by atoms with E-state index in [-0.39, 0.29) is 11.9 Å². The molecule has 0 radical (unpaired) electrons. The van der Waals surface area contributed by atoms with Gasteiger partial charge in [0, 0.05) is 12.0 Å². The molecule has 1 aromatic rings.